The Morgan fingerprint density at radius 2 is 2.25 bits per heavy atom. The van der Waals surface area contributed by atoms with Crippen LogP contribution in [0.1, 0.15) is 15.9 Å². The molecule has 0 unspecified atom stereocenters. The molecule has 1 rings (SSSR count). The number of benzene rings is 1. The van der Waals surface area contributed by atoms with E-state index in [1.54, 1.807) is 6.07 Å². The minimum Gasteiger partial charge on any atom is -0.478 e. The molecule has 86 valence electrons. The number of carbonyl (C=O) groups is 1. The summed E-state index contributed by atoms with van der Waals surface area (Å²) >= 11 is 5.53. The van der Waals surface area contributed by atoms with Gasteiger partial charge in [-0.1, -0.05) is 24.2 Å². The van der Waals surface area contributed by atoms with Crippen molar-refractivity contribution in [3.05, 3.63) is 46.8 Å². The highest BCUT2D eigenvalue weighted by atomic mass is 35.5. The van der Waals surface area contributed by atoms with Crippen LogP contribution in [0, 0.1) is 5.82 Å². The first-order chi connectivity index (χ1) is 7.50. The number of hydrogen-bond donors (Lipinski definition) is 2. The van der Waals surface area contributed by atoms with Crippen LogP contribution in [-0.4, -0.2) is 17.6 Å². The molecule has 0 aromatic heterocycles. The van der Waals surface area contributed by atoms with Gasteiger partial charge in [-0.15, -0.1) is 0 Å². The predicted octanol–water partition coefficient (Wildman–Crippen LogP) is 2.37. The van der Waals surface area contributed by atoms with Crippen LogP contribution in [0.15, 0.2) is 29.8 Å². The van der Waals surface area contributed by atoms with Gasteiger partial charge < -0.3 is 10.4 Å². The lowest BCUT2D eigenvalue weighted by molar-refractivity contribution is 0.0692. The molecule has 16 heavy (non-hydrogen) atoms. The van der Waals surface area contributed by atoms with E-state index in [0.717, 1.165) is 0 Å². The van der Waals surface area contributed by atoms with Crippen LogP contribution in [0.25, 0.3) is 0 Å². The van der Waals surface area contributed by atoms with Gasteiger partial charge in [0.15, 0.2) is 0 Å². The van der Waals surface area contributed by atoms with E-state index in [1.165, 1.54) is 12.1 Å². The second-order valence-corrected chi connectivity index (χ2v) is 3.77. The average Bonchev–Trinajstić information content (AvgIpc) is 2.16. The van der Waals surface area contributed by atoms with Crippen LogP contribution in [-0.2, 0) is 6.54 Å². The number of aromatic carboxylic acids is 1. The van der Waals surface area contributed by atoms with Crippen molar-refractivity contribution in [1.29, 1.82) is 0 Å². The van der Waals surface area contributed by atoms with E-state index in [-0.39, 0.29) is 5.56 Å². The standard InChI is InChI=1S/C11H11ClFNO2/c1-7(12)5-14-6-8-2-3-9(11(15)16)10(13)4-8/h2-4,14H,1,5-6H2,(H,15,16). The third-order valence-corrected chi connectivity index (χ3v) is 2.04. The van der Waals surface area contributed by atoms with Crippen LogP contribution in [0.3, 0.4) is 0 Å². The lowest BCUT2D eigenvalue weighted by Gasteiger charge is -2.05. The highest BCUT2D eigenvalue weighted by Gasteiger charge is 2.09. The van der Waals surface area contributed by atoms with Gasteiger partial charge >= 0.3 is 5.97 Å². The second-order valence-electron chi connectivity index (χ2n) is 3.24. The van der Waals surface area contributed by atoms with Gasteiger partial charge in [0.05, 0.1) is 5.56 Å². The first-order valence-corrected chi connectivity index (χ1v) is 4.94. The third kappa shape index (κ3) is 3.64. The molecule has 2 N–H and O–H groups in total. The Morgan fingerprint density at radius 1 is 1.56 bits per heavy atom. The number of hydrogen-bond acceptors (Lipinski definition) is 2. The molecule has 0 saturated heterocycles. The topological polar surface area (TPSA) is 49.3 Å². The lowest BCUT2D eigenvalue weighted by atomic mass is 10.1. The quantitative estimate of drug-likeness (QED) is 0.835. The summed E-state index contributed by atoms with van der Waals surface area (Å²) in [6.45, 7) is 4.32. The molecule has 5 heteroatoms. The van der Waals surface area contributed by atoms with Gasteiger partial charge in [-0.25, -0.2) is 9.18 Å². The van der Waals surface area contributed by atoms with E-state index in [9.17, 15) is 9.18 Å². The normalized spacial score (nSPS) is 10.1. The van der Waals surface area contributed by atoms with Crippen molar-refractivity contribution in [2.75, 3.05) is 6.54 Å². The van der Waals surface area contributed by atoms with Crippen LogP contribution in [0.5, 0.6) is 0 Å². The molecule has 0 heterocycles. The van der Waals surface area contributed by atoms with Crippen molar-refractivity contribution < 1.29 is 14.3 Å². The molecular weight excluding hydrogens is 233 g/mol. The summed E-state index contributed by atoms with van der Waals surface area (Å²) in [4.78, 5) is 10.6. The zero-order chi connectivity index (χ0) is 12.1. The fourth-order valence-corrected chi connectivity index (χ4v) is 1.28. The molecule has 0 aliphatic heterocycles. The number of carboxylic acids is 1. The van der Waals surface area contributed by atoms with Gasteiger partial charge in [0, 0.05) is 18.1 Å². The van der Waals surface area contributed by atoms with Crippen LogP contribution < -0.4 is 5.32 Å². The fourth-order valence-electron chi connectivity index (χ4n) is 1.18. The Balaban J connectivity index is 2.66. The summed E-state index contributed by atoms with van der Waals surface area (Å²) in [5.41, 5.74) is 0.325. The summed E-state index contributed by atoms with van der Waals surface area (Å²) in [5.74, 6) is -2.01. The first-order valence-electron chi connectivity index (χ1n) is 4.56. The molecule has 0 atom stereocenters. The van der Waals surface area contributed by atoms with E-state index in [2.05, 4.69) is 11.9 Å². The Kier molecular flexibility index (Phi) is 4.46. The third-order valence-electron chi connectivity index (χ3n) is 1.91. The van der Waals surface area contributed by atoms with E-state index < -0.39 is 11.8 Å². The Bertz CT molecular complexity index is 420. The fraction of sp³-hybridized carbons (Fsp3) is 0.182. The predicted molar refractivity (Wildman–Crippen MR) is 60.1 cm³/mol. The Hall–Kier alpha value is -1.39. The largest absolute Gasteiger partial charge is 0.478 e. The van der Waals surface area contributed by atoms with Gasteiger partial charge in [-0.3, -0.25) is 0 Å². The molecule has 1 aromatic rings. The number of nitrogens with one attached hydrogen (secondary N) is 1. The smallest absolute Gasteiger partial charge is 0.338 e. The van der Waals surface area contributed by atoms with Gasteiger partial charge in [0.2, 0.25) is 0 Å². The van der Waals surface area contributed by atoms with Crippen molar-refractivity contribution >= 4 is 17.6 Å². The highest BCUT2D eigenvalue weighted by Crippen LogP contribution is 2.10. The minimum absolute atomic E-state index is 0.328. The molecule has 0 bridgehead atoms. The van der Waals surface area contributed by atoms with E-state index in [4.69, 9.17) is 16.7 Å². The monoisotopic (exact) mass is 243 g/mol. The van der Waals surface area contributed by atoms with Crippen LogP contribution >= 0.6 is 11.6 Å². The molecule has 0 fully saturated rings. The second kappa shape index (κ2) is 5.63. The number of halogens is 2. The maximum atomic E-state index is 13.2. The van der Waals surface area contributed by atoms with Gasteiger partial charge in [-0.05, 0) is 17.7 Å². The van der Waals surface area contributed by atoms with Crippen LogP contribution in [0.4, 0.5) is 4.39 Å². The SMILES string of the molecule is C=C(Cl)CNCc1ccc(C(=O)O)c(F)c1. The molecule has 1 aromatic carbocycles. The summed E-state index contributed by atoms with van der Waals surface area (Å²) in [6, 6.07) is 3.98. The van der Waals surface area contributed by atoms with Crippen molar-refractivity contribution in [3.63, 3.8) is 0 Å². The average molecular weight is 244 g/mol. The molecule has 0 aliphatic rings. The molecule has 3 nitrogen and oxygen atoms in total. The van der Waals surface area contributed by atoms with Gasteiger partial charge in [-0.2, -0.15) is 0 Å². The Morgan fingerprint density at radius 3 is 2.75 bits per heavy atom. The molecule has 0 aliphatic carbocycles. The van der Waals surface area contributed by atoms with Gasteiger partial charge in [0.1, 0.15) is 5.82 Å². The summed E-state index contributed by atoms with van der Waals surface area (Å²) < 4.78 is 13.2. The highest BCUT2D eigenvalue weighted by molar-refractivity contribution is 6.29. The maximum Gasteiger partial charge on any atom is 0.338 e. The van der Waals surface area contributed by atoms with E-state index in [0.29, 0.717) is 23.7 Å². The number of carboxylic acid groups (broad SMARTS) is 1. The maximum absolute atomic E-state index is 13.2. The molecule has 0 spiro atoms. The molecular formula is C11H11ClFNO2. The zero-order valence-corrected chi connectivity index (χ0v) is 9.22. The van der Waals surface area contributed by atoms with Crippen LogP contribution in [0.2, 0.25) is 0 Å². The van der Waals surface area contributed by atoms with Crippen molar-refractivity contribution in [1.82, 2.24) is 5.32 Å². The summed E-state index contributed by atoms with van der Waals surface area (Å²) in [5, 5.41) is 12.0. The lowest BCUT2D eigenvalue weighted by Crippen LogP contribution is -2.15. The number of rotatable bonds is 5. The van der Waals surface area contributed by atoms with Crippen molar-refractivity contribution in [2.24, 2.45) is 0 Å². The molecule has 0 radical (unpaired) electrons. The first kappa shape index (κ1) is 12.7. The van der Waals surface area contributed by atoms with E-state index in [1.807, 2.05) is 0 Å². The zero-order valence-electron chi connectivity index (χ0n) is 8.46. The van der Waals surface area contributed by atoms with Crippen molar-refractivity contribution in [2.45, 2.75) is 6.54 Å². The summed E-state index contributed by atoms with van der Waals surface area (Å²) in [6.07, 6.45) is 0. The molecule has 0 amide bonds. The Labute approximate surface area is 97.5 Å². The molecule has 0 saturated carbocycles. The summed E-state index contributed by atoms with van der Waals surface area (Å²) in [7, 11) is 0. The van der Waals surface area contributed by atoms with Gasteiger partial charge in [0.25, 0.3) is 0 Å². The minimum atomic E-state index is -1.27. The van der Waals surface area contributed by atoms with E-state index >= 15 is 0 Å². The van der Waals surface area contributed by atoms with Crippen molar-refractivity contribution in [3.8, 4) is 0 Å².